The van der Waals surface area contributed by atoms with Crippen molar-refractivity contribution >= 4 is 28.6 Å². The Kier molecular flexibility index (Phi) is 8.62. The van der Waals surface area contributed by atoms with Crippen molar-refractivity contribution in [2.24, 2.45) is 0 Å². The maximum absolute atomic E-state index is 13.1. The van der Waals surface area contributed by atoms with Crippen LogP contribution < -0.4 is 4.90 Å². The number of ether oxygens (including phenoxy) is 1. The third-order valence-electron chi connectivity index (χ3n) is 9.38. The van der Waals surface area contributed by atoms with Crippen molar-refractivity contribution < 1.29 is 24.1 Å². The molecule has 3 aliphatic rings. The number of fused-ring (bicyclic) bond motifs is 1. The molecule has 1 atom stereocenters. The number of carbonyl (C=O) groups excluding carboxylic acids is 1. The number of likely N-dealkylation sites (tertiary alicyclic amines) is 2. The molecule has 0 bridgehead atoms. The predicted molar refractivity (Wildman–Crippen MR) is 162 cm³/mol. The normalized spacial score (nSPS) is 21.3. The molecule has 8 nitrogen and oxygen atoms in total. The van der Waals surface area contributed by atoms with Gasteiger partial charge in [-0.15, -0.1) is 0 Å². The number of morpholine rings is 1. The molecular formula is C33H41FN4O4. The lowest BCUT2D eigenvalue weighted by Gasteiger charge is -2.43. The number of aromatic amines is 1. The van der Waals surface area contributed by atoms with E-state index < -0.39 is 11.7 Å². The summed E-state index contributed by atoms with van der Waals surface area (Å²) in [6, 6.07) is 12.6. The fourth-order valence-electron chi connectivity index (χ4n) is 6.62. The van der Waals surface area contributed by atoms with Crippen LogP contribution in [0, 0.1) is 5.82 Å². The van der Waals surface area contributed by atoms with Gasteiger partial charge in [0.2, 0.25) is 5.91 Å². The molecular weight excluding hydrogens is 535 g/mol. The van der Waals surface area contributed by atoms with E-state index in [2.05, 4.69) is 39.2 Å². The highest BCUT2D eigenvalue weighted by Crippen LogP contribution is 2.36. The Bertz CT molecular complexity index is 1380. The minimum atomic E-state index is -1.21. The minimum Gasteiger partial charge on any atom is -0.389 e. The van der Waals surface area contributed by atoms with Gasteiger partial charge in [-0.1, -0.05) is 12.1 Å². The number of aliphatic hydroxyl groups is 2. The number of carbonyl (C=O) groups is 1. The lowest BCUT2D eigenvalue weighted by atomic mass is 9.84. The third kappa shape index (κ3) is 6.39. The summed E-state index contributed by atoms with van der Waals surface area (Å²) in [4.78, 5) is 22.5. The first kappa shape index (κ1) is 28.9. The molecule has 9 heteroatoms. The number of hydrogen-bond donors (Lipinski definition) is 3. The summed E-state index contributed by atoms with van der Waals surface area (Å²) in [5.74, 6) is -0.0103. The smallest absolute Gasteiger partial charge is 0.246 e. The van der Waals surface area contributed by atoms with Gasteiger partial charge in [-0.25, -0.2) is 4.39 Å². The molecule has 2 aromatic carbocycles. The van der Waals surface area contributed by atoms with Gasteiger partial charge in [0.15, 0.2) is 0 Å². The zero-order valence-electron chi connectivity index (χ0n) is 24.1. The first-order valence-electron chi connectivity index (χ1n) is 15.2. The second-order valence-corrected chi connectivity index (χ2v) is 12.0. The number of nitrogens with one attached hydrogen (secondary N) is 1. The van der Waals surface area contributed by atoms with Crippen LogP contribution in [0.25, 0.3) is 17.0 Å². The summed E-state index contributed by atoms with van der Waals surface area (Å²) in [5.41, 5.74) is 3.32. The quantitative estimate of drug-likeness (QED) is 0.371. The molecule has 0 radical (unpaired) electrons. The van der Waals surface area contributed by atoms with Gasteiger partial charge in [0.05, 0.1) is 24.9 Å². The van der Waals surface area contributed by atoms with Crippen LogP contribution in [0.5, 0.6) is 0 Å². The van der Waals surface area contributed by atoms with Crippen molar-refractivity contribution in [3.63, 3.8) is 0 Å². The molecule has 3 aromatic rings. The number of hydrogen-bond acceptors (Lipinski definition) is 6. The largest absolute Gasteiger partial charge is 0.389 e. The van der Waals surface area contributed by atoms with Gasteiger partial charge in [-0.2, -0.15) is 0 Å². The van der Waals surface area contributed by atoms with Gasteiger partial charge in [-0.05, 0) is 92.2 Å². The fraction of sp³-hybridized carbons (Fsp3) is 0.485. The van der Waals surface area contributed by atoms with Gasteiger partial charge < -0.3 is 34.6 Å². The van der Waals surface area contributed by atoms with E-state index in [0.717, 1.165) is 63.3 Å². The summed E-state index contributed by atoms with van der Waals surface area (Å²) in [7, 11) is 0. The van der Waals surface area contributed by atoms with Gasteiger partial charge >= 0.3 is 0 Å². The average Bonchev–Trinajstić information content (AvgIpc) is 3.45. The number of piperidine rings is 2. The van der Waals surface area contributed by atoms with Crippen LogP contribution in [0.15, 0.2) is 54.7 Å². The van der Waals surface area contributed by atoms with Gasteiger partial charge in [0.25, 0.3) is 0 Å². The van der Waals surface area contributed by atoms with E-state index in [1.165, 1.54) is 34.8 Å². The second-order valence-electron chi connectivity index (χ2n) is 12.0. The average molecular weight is 577 g/mol. The number of β-amino-alcohol motifs (C(OH)–C–C–N with tert-alkyl or cyclic N) is 1. The van der Waals surface area contributed by atoms with Crippen LogP contribution in [0.1, 0.15) is 42.7 Å². The first-order chi connectivity index (χ1) is 20.4. The first-order valence-corrected chi connectivity index (χ1v) is 15.2. The van der Waals surface area contributed by atoms with Crippen LogP contribution in [0.3, 0.4) is 0 Å². The molecule has 1 unspecified atom stereocenters. The molecule has 3 aliphatic heterocycles. The molecule has 3 N–H and O–H groups in total. The van der Waals surface area contributed by atoms with Crippen LogP contribution in [-0.4, -0.2) is 102 Å². The van der Waals surface area contributed by atoms with Crippen molar-refractivity contribution in [3.8, 4) is 0 Å². The zero-order valence-corrected chi connectivity index (χ0v) is 24.1. The molecule has 4 heterocycles. The lowest BCUT2D eigenvalue weighted by Crippen LogP contribution is -2.56. The van der Waals surface area contributed by atoms with Crippen LogP contribution in [0.4, 0.5) is 10.1 Å². The number of halogens is 1. The van der Waals surface area contributed by atoms with Gasteiger partial charge in [-0.3, -0.25) is 4.79 Å². The Morgan fingerprint density at radius 2 is 1.76 bits per heavy atom. The monoisotopic (exact) mass is 576 g/mol. The predicted octanol–water partition coefficient (Wildman–Crippen LogP) is 3.75. The minimum absolute atomic E-state index is 0.146. The van der Waals surface area contributed by atoms with Gasteiger partial charge in [0, 0.05) is 61.6 Å². The van der Waals surface area contributed by atoms with E-state index in [0.29, 0.717) is 38.4 Å². The summed E-state index contributed by atoms with van der Waals surface area (Å²) >= 11 is 0. The standard InChI is InChI=1S/C33H41FN4O4/c34-26-4-1-24(2-5-26)3-8-32(40)38-15-11-33(41,12-16-38)31(39)23-36-13-9-25(10-14-36)29-22-35-30-7-6-27(21-28(29)30)37-17-19-42-20-18-37/h1-8,21-22,25,31,35,39,41H,9-20,23H2/b8-3+. The third-order valence-corrected chi connectivity index (χ3v) is 9.38. The lowest BCUT2D eigenvalue weighted by molar-refractivity contribution is -0.140. The van der Waals surface area contributed by atoms with Crippen LogP contribution in [0.2, 0.25) is 0 Å². The molecule has 6 rings (SSSR count). The molecule has 3 saturated heterocycles. The summed E-state index contributed by atoms with van der Waals surface area (Å²) in [6.45, 7) is 6.30. The Hall–Kier alpha value is -3.24. The summed E-state index contributed by atoms with van der Waals surface area (Å²) < 4.78 is 18.6. The van der Waals surface area contributed by atoms with Crippen molar-refractivity contribution in [1.82, 2.24) is 14.8 Å². The van der Waals surface area contributed by atoms with Crippen molar-refractivity contribution in [1.29, 1.82) is 0 Å². The number of benzene rings is 2. The van der Waals surface area contributed by atoms with E-state index in [1.807, 2.05) is 0 Å². The Labute approximate surface area is 246 Å². The molecule has 0 spiro atoms. The molecule has 0 aliphatic carbocycles. The van der Waals surface area contributed by atoms with Crippen molar-refractivity contribution in [2.75, 3.05) is 63.9 Å². The number of aromatic nitrogens is 1. The highest BCUT2D eigenvalue weighted by Gasteiger charge is 2.40. The number of anilines is 1. The maximum atomic E-state index is 13.1. The topological polar surface area (TPSA) is 92.3 Å². The van der Waals surface area contributed by atoms with E-state index in [1.54, 1.807) is 23.1 Å². The second kappa shape index (κ2) is 12.6. The van der Waals surface area contributed by atoms with E-state index >= 15 is 0 Å². The number of H-pyrrole nitrogens is 1. The van der Waals surface area contributed by atoms with Crippen LogP contribution in [-0.2, 0) is 9.53 Å². The Balaban J connectivity index is 0.994. The fourth-order valence-corrected chi connectivity index (χ4v) is 6.62. The highest BCUT2D eigenvalue weighted by atomic mass is 19.1. The van der Waals surface area contributed by atoms with Crippen molar-refractivity contribution in [2.45, 2.75) is 43.3 Å². The molecule has 224 valence electrons. The number of rotatable bonds is 7. The summed E-state index contributed by atoms with van der Waals surface area (Å²) in [5, 5.41) is 23.6. The Morgan fingerprint density at radius 3 is 2.48 bits per heavy atom. The molecule has 1 amide bonds. The SMILES string of the molecule is O=C(/C=C/c1ccc(F)cc1)N1CCC(O)(C(O)CN2CCC(c3c[nH]c4ccc(N5CCOCC5)cc34)CC2)CC1. The molecule has 42 heavy (non-hydrogen) atoms. The number of nitrogens with zero attached hydrogens (tertiary/aromatic N) is 3. The van der Waals surface area contributed by atoms with E-state index in [4.69, 9.17) is 4.74 Å². The van der Waals surface area contributed by atoms with E-state index in [9.17, 15) is 19.4 Å². The zero-order chi connectivity index (χ0) is 29.1. The molecule has 3 fully saturated rings. The molecule has 1 aromatic heterocycles. The van der Waals surface area contributed by atoms with Crippen molar-refractivity contribution in [3.05, 3.63) is 71.7 Å². The maximum Gasteiger partial charge on any atom is 0.246 e. The Morgan fingerprint density at radius 1 is 1.05 bits per heavy atom. The summed E-state index contributed by atoms with van der Waals surface area (Å²) in [6.07, 6.45) is 7.12. The van der Waals surface area contributed by atoms with Crippen LogP contribution >= 0.6 is 0 Å². The van der Waals surface area contributed by atoms with E-state index in [-0.39, 0.29) is 11.7 Å². The number of aliphatic hydroxyl groups excluding tert-OH is 1. The highest BCUT2D eigenvalue weighted by molar-refractivity contribution is 5.92. The molecule has 0 saturated carbocycles. The van der Waals surface area contributed by atoms with Gasteiger partial charge in [0.1, 0.15) is 5.82 Å². The number of amides is 1.